The predicted octanol–water partition coefficient (Wildman–Crippen LogP) is 2.58. The molecule has 136 valence electrons. The zero-order valence-electron chi connectivity index (χ0n) is 15.1. The van der Waals surface area contributed by atoms with Crippen molar-refractivity contribution in [1.29, 1.82) is 0 Å². The number of hydrogen-bond acceptors (Lipinski definition) is 4. The van der Waals surface area contributed by atoms with Gasteiger partial charge in [-0.2, -0.15) is 0 Å². The van der Waals surface area contributed by atoms with Gasteiger partial charge in [0.05, 0.1) is 13.7 Å². The second kappa shape index (κ2) is 9.27. The molecule has 2 aromatic carbocycles. The SMILES string of the molecule is COc1cccc(/C=C/C(=O)NNC(=O)CNc2ccc(C)cc2C)c1. The maximum absolute atomic E-state index is 11.8. The van der Waals surface area contributed by atoms with Crippen molar-refractivity contribution in [2.45, 2.75) is 13.8 Å². The van der Waals surface area contributed by atoms with Gasteiger partial charge in [-0.1, -0.05) is 29.8 Å². The van der Waals surface area contributed by atoms with Crippen LogP contribution in [0.3, 0.4) is 0 Å². The molecule has 0 fully saturated rings. The molecule has 0 bridgehead atoms. The third-order valence-electron chi connectivity index (χ3n) is 3.67. The van der Waals surface area contributed by atoms with Crippen LogP contribution in [0.25, 0.3) is 6.08 Å². The highest BCUT2D eigenvalue weighted by Crippen LogP contribution is 2.15. The maximum atomic E-state index is 11.8. The smallest absolute Gasteiger partial charge is 0.262 e. The van der Waals surface area contributed by atoms with Crippen molar-refractivity contribution in [2.24, 2.45) is 0 Å². The average molecular weight is 353 g/mol. The van der Waals surface area contributed by atoms with E-state index in [1.807, 2.05) is 50.2 Å². The summed E-state index contributed by atoms with van der Waals surface area (Å²) < 4.78 is 5.12. The first-order chi connectivity index (χ1) is 12.5. The molecule has 0 aliphatic carbocycles. The Kier molecular flexibility index (Phi) is 6.79. The molecule has 6 heteroatoms. The molecule has 0 unspecified atom stereocenters. The second-order valence-corrected chi connectivity index (χ2v) is 5.82. The largest absolute Gasteiger partial charge is 0.497 e. The first kappa shape index (κ1) is 19.1. The van der Waals surface area contributed by atoms with E-state index in [4.69, 9.17) is 4.74 Å². The molecule has 0 heterocycles. The van der Waals surface area contributed by atoms with Gasteiger partial charge in [-0.25, -0.2) is 0 Å². The Balaban J connectivity index is 1.77. The van der Waals surface area contributed by atoms with Gasteiger partial charge in [0.25, 0.3) is 11.8 Å². The van der Waals surface area contributed by atoms with E-state index in [9.17, 15) is 9.59 Å². The summed E-state index contributed by atoms with van der Waals surface area (Å²) in [6.07, 6.45) is 2.98. The van der Waals surface area contributed by atoms with Gasteiger partial charge in [0.2, 0.25) is 0 Å². The number of hydrazine groups is 1. The van der Waals surface area contributed by atoms with Crippen LogP contribution in [0.1, 0.15) is 16.7 Å². The van der Waals surface area contributed by atoms with Gasteiger partial charge in [0.1, 0.15) is 5.75 Å². The summed E-state index contributed by atoms with van der Waals surface area (Å²) in [5.74, 6) is -0.0564. The number of carbonyl (C=O) groups excluding carboxylic acids is 2. The molecule has 2 amide bonds. The van der Waals surface area contributed by atoms with E-state index in [1.165, 1.54) is 6.08 Å². The van der Waals surface area contributed by atoms with E-state index >= 15 is 0 Å². The highest BCUT2D eigenvalue weighted by molar-refractivity contribution is 5.93. The molecular formula is C20H23N3O3. The van der Waals surface area contributed by atoms with E-state index in [0.29, 0.717) is 5.75 Å². The fourth-order valence-electron chi connectivity index (χ4n) is 2.32. The van der Waals surface area contributed by atoms with Crippen LogP contribution in [0, 0.1) is 13.8 Å². The quantitative estimate of drug-likeness (QED) is 0.551. The summed E-state index contributed by atoms with van der Waals surface area (Å²) in [6.45, 7) is 4.04. The summed E-state index contributed by atoms with van der Waals surface area (Å²) in [4.78, 5) is 23.6. The molecule has 0 spiro atoms. The summed E-state index contributed by atoms with van der Waals surface area (Å²) >= 11 is 0. The van der Waals surface area contributed by atoms with Crippen molar-refractivity contribution in [2.75, 3.05) is 19.0 Å². The highest BCUT2D eigenvalue weighted by atomic mass is 16.5. The van der Waals surface area contributed by atoms with Crippen LogP contribution >= 0.6 is 0 Å². The van der Waals surface area contributed by atoms with Gasteiger partial charge in [-0.3, -0.25) is 20.4 Å². The van der Waals surface area contributed by atoms with Crippen LogP contribution in [0.15, 0.2) is 48.5 Å². The summed E-state index contributed by atoms with van der Waals surface area (Å²) in [5.41, 5.74) is 8.63. The van der Waals surface area contributed by atoms with E-state index in [2.05, 4.69) is 16.2 Å². The van der Waals surface area contributed by atoms with Gasteiger partial charge < -0.3 is 10.1 Å². The second-order valence-electron chi connectivity index (χ2n) is 5.82. The van der Waals surface area contributed by atoms with Crippen molar-refractivity contribution < 1.29 is 14.3 Å². The molecule has 0 atom stereocenters. The number of amides is 2. The first-order valence-electron chi connectivity index (χ1n) is 8.20. The molecule has 0 saturated carbocycles. The van der Waals surface area contributed by atoms with Gasteiger partial charge in [0, 0.05) is 11.8 Å². The van der Waals surface area contributed by atoms with Crippen molar-refractivity contribution in [1.82, 2.24) is 10.9 Å². The molecular weight excluding hydrogens is 330 g/mol. The summed E-state index contributed by atoms with van der Waals surface area (Å²) in [7, 11) is 1.58. The van der Waals surface area contributed by atoms with Crippen LogP contribution in [-0.4, -0.2) is 25.5 Å². The van der Waals surface area contributed by atoms with E-state index < -0.39 is 5.91 Å². The number of methoxy groups -OCH3 is 1. The standard InChI is InChI=1S/C20H23N3O3/c1-14-7-9-18(15(2)11-14)21-13-20(25)23-22-19(24)10-8-16-5-4-6-17(12-16)26-3/h4-12,21H,13H2,1-3H3,(H,22,24)(H,23,25)/b10-8+. The Bertz CT molecular complexity index is 816. The predicted molar refractivity (Wildman–Crippen MR) is 103 cm³/mol. The van der Waals surface area contributed by atoms with Crippen LogP contribution in [0.2, 0.25) is 0 Å². The molecule has 0 saturated heterocycles. The van der Waals surface area contributed by atoms with E-state index in [0.717, 1.165) is 22.4 Å². The molecule has 2 aromatic rings. The fraction of sp³-hybridized carbons (Fsp3) is 0.200. The fourth-order valence-corrected chi connectivity index (χ4v) is 2.32. The van der Waals surface area contributed by atoms with Crippen LogP contribution in [-0.2, 0) is 9.59 Å². The minimum atomic E-state index is -0.423. The Hall–Kier alpha value is -3.28. The van der Waals surface area contributed by atoms with Gasteiger partial charge >= 0.3 is 0 Å². The van der Waals surface area contributed by atoms with Crippen LogP contribution < -0.4 is 20.9 Å². The van der Waals surface area contributed by atoms with Crippen molar-refractivity contribution in [3.05, 3.63) is 65.2 Å². The third kappa shape index (κ3) is 5.98. The lowest BCUT2D eigenvalue weighted by molar-refractivity contribution is -0.125. The van der Waals surface area contributed by atoms with Crippen molar-refractivity contribution in [3.8, 4) is 5.75 Å². The highest BCUT2D eigenvalue weighted by Gasteiger charge is 2.04. The Labute approximate surface area is 153 Å². The number of nitrogens with one attached hydrogen (secondary N) is 3. The van der Waals surface area contributed by atoms with Crippen molar-refractivity contribution >= 4 is 23.6 Å². The number of benzene rings is 2. The Morgan fingerprint density at radius 3 is 2.62 bits per heavy atom. The Morgan fingerprint density at radius 1 is 1.08 bits per heavy atom. The van der Waals surface area contributed by atoms with Gasteiger partial charge in [0.15, 0.2) is 0 Å². The van der Waals surface area contributed by atoms with Gasteiger partial charge in [-0.05, 0) is 49.2 Å². The third-order valence-corrected chi connectivity index (χ3v) is 3.67. The number of ether oxygens (including phenoxy) is 1. The molecule has 3 N–H and O–H groups in total. The van der Waals surface area contributed by atoms with Crippen LogP contribution in [0.4, 0.5) is 5.69 Å². The maximum Gasteiger partial charge on any atom is 0.262 e. The molecule has 0 aromatic heterocycles. The minimum Gasteiger partial charge on any atom is -0.497 e. The molecule has 2 rings (SSSR count). The number of anilines is 1. The lowest BCUT2D eigenvalue weighted by Crippen LogP contribution is -2.43. The van der Waals surface area contributed by atoms with E-state index in [-0.39, 0.29) is 12.5 Å². The lowest BCUT2D eigenvalue weighted by Gasteiger charge is -2.10. The number of hydrogen-bond donors (Lipinski definition) is 3. The summed E-state index contributed by atoms with van der Waals surface area (Å²) in [6, 6.07) is 13.2. The normalized spacial score (nSPS) is 10.4. The average Bonchev–Trinajstić information content (AvgIpc) is 2.64. The number of carbonyl (C=O) groups is 2. The number of aryl methyl sites for hydroxylation is 2. The van der Waals surface area contributed by atoms with E-state index in [1.54, 1.807) is 19.3 Å². The minimum absolute atomic E-state index is 0.0593. The summed E-state index contributed by atoms with van der Waals surface area (Å²) in [5, 5.41) is 3.04. The molecule has 0 aliphatic rings. The zero-order valence-corrected chi connectivity index (χ0v) is 15.1. The topological polar surface area (TPSA) is 79.5 Å². The van der Waals surface area contributed by atoms with Crippen LogP contribution in [0.5, 0.6) is 5.75 Å². The first-order valence-corrected chi connectivity index (χ1v) is 8.20. The number of rotatable bonds is 6. The molecule has 0 aliphatic heterocycles. The molecule has 6 nitrogen and oxygen atoms in total. The Morgan fingerprint density at radius 2 is 1.88 bits per heavy atom. The van der Waals surface area contributed by atoms with Gasteiger partial charge in [-0.15, -0.1) is 0 Å². The molecule has 0 radical (unpaired) electrons. The lowest BCUT2D eigenvalue weighted by atomic mass is 10.1. The zero-order chi connectivity index (χ0) is 18.9. The molecule has 26 heavy (non-hydrogen) atoms. The van der Waals surface area contributed by atoms with Crippen molar-refractivity contribution in [3.63, 3.8) is 0 Å². The monoisotopic (exact) mass is 353 g/mol.